The van der Waals surface area contributed by atoms with E-state index in [1.807, 2.05) is 13.8 Å². The zero-order chi connectivity index (χ0) is 13.1. The van der Waals surface area contributed by atoms with Gasteiger partial charge in [-0.15, -0.1) is 0 Å². The first kappa shape index (κ1) is 11.4. The Labute approximate surface area is 105 Å². The lowest BCUT2D eigenvalue weighted by Gasteiger charge is -2.02. The first-order chi connectivity index (χ1) is 8.40. The average molecular weight is 246 g/mol. The highest BCUT2D eigenvalue weighted by Gasteiger charge is 2.48. The van der Waals surface area contributed by atoms with Crippen molar-refractivity contribution in [2.75, 3.05) is 0 Å². The Morgan fingerprint density at radius 2 is 2.17 bits per heavy atom. The first-order valence-corrected chi connectivity index (χ1v) is 6.38. The first-order valence-electron chi connectivity index (χ1n) is 6.38. The van der Waals surface area contributed by atoms with Gasteiger partial charge in [-0.25, -0.2) is 4.98 Å². The highest BCUT2D eigenvalue weighted by molar-refractivity contribution is 5.31. The van der Waals surface area contributed by atoms with Gasteiger partial charge >= 0.3 is 0 Å². The highest BCUT2D eigenvalue weighted by Crippen LogP contribution is 2.57. The number of nitrogens with zero attached hydrogens (tertiary/aromatic N) is 3. The van der Waals surface area contributed by atoms with E-state index in [1.54, 1.807) is 6.20 Å². The molecule has 0 spiro atoms. The van der Waals surface area contributed by atoms with Crippen LogP contribution in [0.2, 0.25) is 0 Å². The van der Waals surface area contributed by atoms with Crippen LogP contribution in [0.1, 0.15) is 57.3 Å². The third-order valence-corrected chi connectivity index (χ3v) is 3.88. The van der Waals surface area contributed by atoms with Crippen molar-refractivity contribution in [3.8, 4) is 0 Å². The predicted octanol–water partition coefficient (Wildman–Crippen LogP) is 2.05. The summed E-state index contributed by atoms with van der Waals surface area (Å²) in [6.45, 7) is 8.40. The summed E-state index contributed by atoms with van der Waals surface area (Å²) in [6.07, 6.45) is 2.75. The van der Waals surface area contributed by atoms with Crippen LogP contribution < -0.4 is 5.56 Å². The van der Waals surface area contributed by atoms with Crippen molar-refractivity contribution in [2.45, 2.75) is 46.0 Å². The molecule has 1 atom stereocenters. The molecule has 0 radical (unpaired) electrons. The Morgan fingerprint density at radius 3 is 2.72 bits per heavy atom. The van der Waals surface area contributed by atoms with Crippen molar-refractivity contribution < 1.29 is 0 Å². The second-order valence-electron chi connectivity index (χ2n) is 6.16. The molecule has 1 N–H and O–H groups in total. The van der Waals surface area contributed by atoms with Crippen molar-refractivity contribution >= 4 is 5.78 Å². The van der Waals surface area contributed by atoms with E-state index in [1.165, 1.54) is 4.52 Å². The Kier molecular flexibility index (Phi) is 2.18. The molecule has 1 aliphatic carbocycles. The van der Waals surface area contributed by atoms with Gasteiger partial charge in [0.15, 0.2) is 0 Å². The molecule has 5 nitrogen and oxygen atoms in total. The van der Waals surface area contributed by atoms with Gasteiger partial charge in [0.05, 0.1) is 0 Å². The van der Waals surface area contributed by atoms with Crippen molar-refractivity contribution in [3.05, 3.63) is 27.9 Å². The summed E-state index contributed by atoms with van der Waals surface area (Å²) in [5, 5.41) is 3.11. The van der Waals surface area contributed by atoms with Crippen LogP contribution in [-0.4, -0.2) is 19.6 Å². The minimum Gasteiger partial charge on any atom is -0.275 e. The molecule has 0 amide bonds. The standard InChI is InChI=1S/C13H18N4O/c1-7(2)8-6-14-12-15-10(9-5-13(9,3)4)16-17(12)11(8)18/h6-7,9H,5H2,1-4H3,(H,14,15,16)/t9-/m1/s1. The predicted molar refractivity (Wildman–Crippen MR) is 68.8 cm³/mol. The summed E-state index contributed by atoms with van der Waals surface area (Å²) < 4.78 is 1.47. The van der Waals surface area contributed by atoms with Gasteiger partial charge < -0.3 is 0 Å². The number of H-pyrrole nitrogens is 1. The molecule has 18 heavy (non-hydrogen) atoms. The summed E-state index contributed by atoms with van der Waals surface area (Å²) in [7, 11) is 0. The van der Waals surface area contributed by atoms with Gasteiger partial charge in [0, 0.05) is 17.7 Å². The van der Waals surface area contributed by atoms with Gasteiger partial charge in [-0.3, -0.25) is 9.89 Å². The van der Waals surface area contributed by atoms with Crippen LogP contribution >= 0.6 is 0 Å². The van der Waals surface area contributed by atoms with E-state index in [2.05, 4.69) is 28.9 Å². The smallest absolute Gasteiger partial charge is 0.275 e. The molecule has 5 heteroatoms. The van der Waals surface area contributed by atoms with E-state index in [4.69, 9.17) is 0 Å². The Balaban J connectivity index is 2.13. The van der Waals surface area contributed by atoms with E-state index < -0.39 is 0 Å². The van der Waals surface area contributed by atoms with Crippen LogP contribution in [0, 0.1) is 5.41 Å². The van der Waals surface area contributed by atoms with Crippen LogP contribution in [0.15, 0.2) is 11.0 Å². The Hall–Kier alpha value is -1.65. The van der Waals surface area contributed by atoms with Crippen LogP contribution in [0.3, 0.4) is 0 Å². The lowest BCUT2D eigenvalue weighted by molar-refractivity contribution is 0.607. The largest absolute Gasteiger partial charge is 0.277 e. The molecule has 96 valence electrons. The van der Waals surface area contributed by atoms with Gasteiger partial charge in [0.25, 0.3) is 11.3 Å². The third-order valence-electron chi connectivity index (χ3n) is 3.88. The molecule has 0 bridgehead atoms. The second kappa shape index (κ2) is 3.43. The monoisotopic (exact) mass is 246 g/mol. The Morgan fingerprint density at radius 1 is 1.50 bits per heavy atom. The lowest BCUT2D eigenvalue weighted by Crippen LogP contribution is -2.20. The summed E-state index contributed by atoms with van der Waals surface area (Å²) >= 11 is 0. The highest BCUT2D eigenvalue weighted by atomic mass is 16.1. The maximum absolute atomic E-state index is 12.2. The number of hydrogen-bond acceptors (Lipinski definition) is 3. The summed E-state index contributed by atoms with van der Waals surface area (Å²) in [4.78, 5) is 20.9. The molecule has 2 heterocycles. The third kappa shape index (κ3) is 1.57. The van der Waals surface area contributed by atoms with Gasteiger partial charge in [0.2, 0.25) is 0 Å². The van der Waals surface area contributed by atoms with E-state index in [-0.39, 0.29) is 11.5 Å². The molecule has 0 aromatic carbocycles. The minimum absolute atomic E-state index is 0.0350. The molecule has 0 saturated heterocycles. The molecule has 3 rings (SSSR count). The number of nitrogens with one attached hydrogen (secondary N) is 1. The van der Waals surface area contributed by atoms with Crippen LogP contribution in [0.25, 0.3) is 5.78 Å². The average Bonchev–Trinajstić information content (AvgIpc) is 2.74. The van der Waals surface area contributed by atoms with Crippen LogP contribution in [-0.2, 0) is 0 Å². The van der Waals surface area contributed by atoms with E-state index in [0.29, 0.717) is 17.1 Å². The maximum Gasteiger partial charge on any atom is 0.277 e. The van der Waals surface area contributed by atoms with Gasteiger partial charge in [-0.05, 0) is 17.8 Å². The number of rotatable bonds is 2. The molecule has 2 aromatic rings. The molecular formula is C13H18N4O. The van der Waals surface area contributed by atoms with Crippen molar-refractivity contribution in [1.82, 2.24) is 19.6 Å². The SMILES string of the molecule is CC(C)c1cnc2nc([C@H]3CC3(C)C)[nH]n2c1=O. The Bertz CT molecular complexity index is 665. The summed E-state index contributed by atoms with van der Waals surface area (Å²) in [6, 6.07) is 0. The molecule has 1 fully saturated rings. The zero-order valence-electron chi connectivity index (χ0n) is 11.2. The number of hydrogen-bond donors (Lipinski definition) is 1. The number of aromatic nitrogens is 4. The number of aromatic amines is 1. The van der Waals surface area contributed by atoms with Crippen LogP contribution in [0.4, 0.5) is 0 Å². The number of fused-ring (bicyclic) bond motifs is 1. The lowest BCUT2D eigenvalue weighted by atomic mass is 10.1. The van der Waals surface area contributed by atoms with E-state index in [9.17, 15) is 4.79 Å². The summed E-state index contributed by atoms with van der Waals surface area (Å²) in [5.74, 6) is 1.94. The molecule has 0 unspecified atom stereocenters. The fourth-order valence-electron chi connectivity index (χ4n) is 2.37. The molecular weight excluding hydrogens is 228 g/mol. The molecule has 2 aromatic heterocycles. The van der Waals surface area contributed by atoms with Crippen molar-refractivity contribution in [2.24, 2.45) is 5.41 Å². The van der Waals surface area contributed by atoms with Crippen LogP contribution in [0.5, 0.6) is 0 Å². The normalized spacial score (nSPS) is 21.7. The quantitative estimate of drug-likeness (QED) is 0.882. The van der Waals surface area contributed by atoms with Gasteiger partial charge in [-0.1, -0.05) is 27.7 Å². The molecule has 1 saturated carbocycles. The second-order valence-corrected chi connectivity index (χ2v) is 6.16. The fraction of sp³-hybridized carbons (Fsp3) is 0.615. The maximum atomic E-state index is 12.2. The topological polar surface area (TPSA) is 63.1 Å². The molecule has 0 aliphatic heterocycles. The van der Waals surface area contributed by atoms with Gasteiger partial charge in [0.1, 0.15) is 5.82 Å². The van der Waals surface area contributed by atoms with E-state index >= 15 is 0 Å². The zero-order valence-corrected chi connectivity index (χ0v) is 11.2. The summed E-state index contributed by atoms with van der Waals surface area (Å²) in [5.41, 5.74) is 0.975. The van der Waals surface area contributed by atoms with Crippen molar-refractivity contribution in [3.63, 3.8) is 0 Å². The van der Waals surface area contributed by atoms with Gasteiger partial charge in [-0.2, -0.15) is 9.50 Å². The fourth-order valence-corrected chi connectivity index (χ4v) is 2.37. The molecule has 1 aliphatic rings. The minimum atomic E-state index is -0.0350. The van der Waals surface area contributed by atoms with Crippen molar-refractivity contribution in [1.29, 1.82) is 0 Å². The van der Waals surface area contributed by atoms with E-state index in [0.717, 1.165) is 17.8 Å².